The Kier molecular flexibility index (Phi) is 6.28. The standard InChI is InChI=1S/C14H7Cl4N5O2/c15-6-1-8(17)13(24)10(3-6)20-22-12(5-19)23-21-11-4-7(16)2-9(18)14(11)25/h1-4,20,24-25H/b22-12+,23-21+. The van der Waals surface area contributed by atoms with Crippen LogP contribution < -0.4 is 5.43 Å². The molecule has 0 amide bonds. The zero-order valence-corrected chi connectivity index (χ0v) is 15.0. The van der Waals surface area contributed by atoms with Crippen molar-refractivity contribution in [3.63, 3.8) is 0 Å². The molecule has 3 N–H and O–H groups in total. The number of halogens is 4. The highest BCUT2D eigenvalue weighted by molar-refractivity contribution is 6.36. The largest absolute Gasteiger partial charge is 0.504 e. The van der Waals surface area contributed by atoms with Crippen LogP contribution in [0.5, 0.6) is 11.5 Å². The van der Waals surface area contributed by atoms with Gasteiger partial charge >= 0.3 is 0 Å². The van der Waals surface area contributed by atoms with Crippen molar-refractivity contribution in [2.24, 2.45) is 15.3 Å². The summed E-state index contributed by atoms with van der Waals surface area (Å²) in [6.07, 6.45) is 0. The van der Waals surface area contributed by atoms with Crippen molar-refractivity contribution < 1.29 is 10.2 Å². The number of phenols is 2. The number of rotatable bonds is 3. The Morgan fingerprint density at radius 1 is 0.960 bits per heavy atom. The van der Waals surface area contributed by atoms with Gasteiger partial charge in [-0.25, -0.2) is 0 Å². The third-order valence-corrected chi connectivity index (χ3v) is 3.68. The molecule has 0 aliphatic rings. The predicted octanol–water partition coefficient (Wildman–Crippen LogP) is 5.74. The second kappa shape index (κ2) is 8.23. The van der Waals surface area contributed by atoms with E-state index in [0.717, 1.165) is 0 Å². The molecule has 0 fully saturated rings. The van der Waals surface area contributed by atoms with Crippen LogP contribution in [0.1, 0.15) is 0 Å². The molecule has 7 nitrogen and oxygen atoms in total. The summed E-state index contributed by atoms with van der Waals surface area (Å²) < 4.78 is 0. The number of azo groups is 1. The van der Waals surface area contributed by atoms with E-state index in [0.29, 0.717) is 0 Å². The number of nitrogens with one attached hydrogen (secondary N) is 1. The Hall–Kier alpha value is -2.24. The van der Waals surface area contributed by atoms with Crippen molar-refractivity contribution in [2.45, 2.75) is 0 Å². The second-order valence-corrected chi connectivity index (χ2v) is 6.09. The quantitative estimate of drug-likeness (QED) is 0.193. The number of aromatic hydroxyl groups is 2. The Morgan fingerprint density at radius 3 is 2.20 bits per heavy atom. The van der Waals surface area contributed by atoms with Crippen molar-refractivity contribution in [1.29, 1.82) is 5.26 Å². The van der Waals surface area contributed by atoms with E-state index < -0.39 is 5.84 Å². The first-order chi connectivity index (χ1) is 11.8. The van der Waals surface area contributed by atoms with Gasteiger partial charge in [-0.05, 0) is 24.3 Å². The van der Waals surface area contributed by atoms with E-state index in [1.807, 2.05) is 0 Å². The fraction of sp³-hybridized carbons (Fsp3) is 0. The van der Waals surface area contributed by atoms with E-state index in [1.165, 1.54) is 24.3 Å². The van der Waals surface area contributed by atoms with Crippen LogP contribution in [0.3, 0.4) is 0 Å². The van der Waals surface area contributed by atoms with Gasteiger partial charge in [-0.3, -0.25) is 5.43 Å². The highest BCUT2D eigenvalue weighted by Gasteiger charge is 2.09. The molecule has 0 bridgehead atoms. The second-order valence-electron chi connectivity index (χ2n) is 4.40. The predicted molar refractivity (Wildman–Crippen MR) is 97.4 cm³/mol. The zero-order chi connectivity index (χ0) is 18.6. The van der Waals surface area contributed by atoms with Gasteiger partial charge in [-0.15, -0.1) is 15.3 Å². The van der Waals surface area contributed by atoms with Crippen molar-refractivity contribution >= 4 is 63.6 Å². The molecule has 0 aliphatic carbocycles. The number of anilines is 1. The normalized spacial score (nSPS) is 11.6. The lowest BCUT2D eigenvalue weighted by Gasteiger charge is -2.05. The fourth-order valence-corrected chi connectivity index (χ4v) is 2.54. The van der Waals surface area contributed by atoms with Crippen molar-refractivity contribution in [3.05, 3.63) is 44.4 Å². The molecule has 0 heterocycles. The van der Waals surface area contributed by atoms with Gasteiger partial charge in [0, 0.05) is 10.0 Å². The molecule has 0 atom stereocenters. The minimum Gasteiger partial charge on any atom is -0.504 e. The van der Waals surface area contributed by atoms with Gasteiger partial charge in [-0.2, -0.15) is 5.26 Å². The van der Waals surface area contributed by atoms with Gasteiger partial charge in [0.1, 0.15) is 17.4 Å². The van der Waals surface area contributed by atoms with E-state index in [9.17, 15) is 10.2 Å². The number of hydrogen-bond acceptors (Lipinski definition) is 6. The number of nitriles is 1. The number of phenolic OH excluding ortho intramolecular Hbond substituents is 2. The van der Waals surface area contributed by atoms with Crippen LogP contribution >= 0.6 is 46.4 Å². The maximum Gasteiger partial charge on any atom is 0.270 e. The summed E-state index contributed by atoms with van der Waals surface area (Å²) in [6, 6.07) is 6.98. The maximum absolute atomic E-state index is 9.79. The summed E-state index contributed by atoms with van der Waals surface area (Å²) in [4.78, 5) is 0. The van der Waals surface area contributed by atoms with Crippen LogP contribution in [0.2, 0.25) is 20.1 Å². The van der Waals surface area contributed by atoms with Crippen LogP contribution in [0, 0.1) is 11.3 Å². The topological polar surface area (TPSA) is 113 Å². The zero-order valence-electron chi connectivity index (χ0n) is 12.0. The van der Waals surface area contributed by atoms with Crippen molar-refractivity contribution in [2.75, 3.05) is 5.43 Å². The summed E-state index contributed by atoms with van der Waals surface area (Å²) in [5.41, 5.74) is 2.41. The summed E-state index contributed by atoms with van der Waals surface area (Å²) in [5.74, 6) is -1.06. The van der Waals surface area contributed by atoms with Crippen LogP contribution in [-0.2, 0) is 0 Å². The van der Waals surface area contributed by atoms with Gasteiger partial charge < -0.3 is 10.2 Å². The van der Waals surface area contributed by atoms with E-state index in [-0.39, 0.29) is 43.0 Å². The Morgan fingerprint density at radius 2 is 1.56 bits per heavy atom. The Bertz CT molecular complexity index is 924. The number of amidine groups is 1. The monoisotopic (exact) mass is 417 g/mol. The summed E-state index contributed by atoms with van der Waals surface area (Å²) in [7, 11) is 0. The molecule has 25 heavy (non-hydrogen) atoms. The van der Waals surface area contributed by atoms with Gasteiger partial charge in [0.15, 0.2) is 11.5 Å². The summed E-state index contributed by atoms with van der Waals surface area (Å²) >= 11 is 23.2. The van der Waals surface area contributed by atoms with Gasteiger partial charge in [-0.1, -0.05) is 46.4 Å². The molecule has 0 saturated heterocycles. The lowest BCUT2D eigenvalue weighted by Crippen LogP contribution is -1.96. The minimum absolute atomic E-state index is 0.00354. The lowest BCUT2D eigenvalue weighted by molar-refractivity contribution is 0.476. The molecule has 0 unspecified atom stereocenters. The molecule has 128 valence electrons. The third kappa shape index (κ3) is 4.87. The van der Waals surface area contributed by atoms with Crippen LogP contribution in [0.4, 0.5) is 11.4 Å². The molecule has 11 heteroatoms. The first kappa shape index (κ1) is 19.1. The number of nitrogens with zero attached hydrogens (tertiary/aromatic N) is 4. The molecular formula is C14H7Cl4N5O2. The highest BCUT2D eigenvalue weighted by Crippen LogP contribution is 2.37. The van der Waals surface area contributed by atoms with Gasteiger partial charge in [0.25, 0.3) is 5.84 Å². The number of benzene rings is 2. The van der Waals surface area contributed by atoms with E-state index >= 15 is 0 Å². The lowest BCUT2D eigenvalue weighted by atomic mass is 10.3. The fourth-order valence-electron chi connectivity index (χ4n) is 1.56. The average molecular weight is 419 g/mol. The Balaban J connectivity index is 2.27. The molecule has 2 rings (SSSR count). The van der Waals surface area contributed by atoms with E-state index in [2.05, 4.69) is 20.8 Å². The highest BCUT2D eigenvalue weighted by atomic mass is 35.5. The molecule has 0 saturated carbocycles. The average Bonchev–Trinajstić information content (AvgIpc) is 2.55. The first-order valence-corrected chi connectivity index (χ1v) is 7.84. The smallest absolute Gasteiger partial charge is 0.270 e. The molecule has 0 aromatic heterocycles. The first-order valence-electron chi connectivity index (χ1n) is 6.33. The summed E-state index contributed by atoms with van der Waals surface area (Å²) in [6.45, 7) is 0. The molecule has 0 radical (unpaired) electrons. The van der Waals surface area contributed by atoms with E-state index in [1.54, 1.807) is 6.07 Å². The van der Waals surface area contributed by atoms with Crippen LogP contribution in [-0.4, -0.2) is 16.0 Å². The molecule has 0 aliphatic heterocycles. The molecular weight excluding hydrogens is 412 g/mol. The number of hydrogen-bond donors (Lipinski definition) is 3. The van der Waals surface area contributed by atoms with Crippen molar-refractivity contribution in [3.8, 4) is 17.6 Å². The molecule has 2 aromatic rings. The van der Waals surface area contributed by atoms with Gasteiger partial charge in [0.05, 0.1) is 10.0 Å². The van der Waals surface area contributed by atoms with Crippen LogP contribution in [0.25, 0.3) is 0 Å². The number of hydrazone groups is 1. The van der Waals surface area contributed by atoms with Gasteiger partial charge in [0.2, 0.25) is 0 Å². The van der Waals surface area contributed by atoms with E-state index in [4.69, 9.17) is 51.7 Å². The van der Waals surface area contributed by atoms with Crippen molar-refractivity contribution in [1.82, 2.24) is 0 Å². The summed E-state index contributed by atoms with van der Waals surface area (Å²) in [5, 5.41) is 40.0. The molecule has 2 aromatic carbocycles. The minimum atomic E-state index is -0.411. The SMILES string of the molecule is N#CC(/N=N/c1cc(Cl)cc(Cl)c1O)=N\Nc1cc(Cl)cc(Cl)c1O. The third-order valence-electron chi connectivity index (χ3n) is 2.67. The molecule has 0 spiro atoms. The van der Waals surface area contributed by atoms with Crippen LogP contribution in [0.15, 0.2) is 39.6 Å². The maximum atomic E-state index is 9.79. The Labute approximate surface area is 161 Å².